The SMILES string of the molecule is CCCc1nc(Cn2cc(CN)nn2)cs1. The molecule has 0 saturated carbocycles. The smallest absolute Gasteiger partial charge is 0.0962 e. The van der Waals surface area contributed by atoms with Crippen molar-refractivity contribution in [2.75, 3.05) is 0 Å². The molecule has 86 valence electrons. The molecule has 0 fully saturated rings. The Labute approximate surface area is 98.3 Å². The van der Waals surface area contributed by atoms with Crippen LogP contribution in [0.25, 0.3) is 0 Å². The predicted molar refractivity (Wildman–Crippen MR) is 63.1 cm³/mol. The Hall–Kier alpha value is -1.27. The van der Waals surface area contributed by atoms with E-state index in [1.807, 2.05) is 6.20 Å². The zero-order valence-electron chi connectivity index (χ0n) is 9.26. The molecular formula is C10H15N5S. The Bertz CT molecular complexity index is 448. The zero-order valence-corrected chi connectivity index (χ0v) is 10.1. The number of aromatic nitrogens is 4. The summed E-state index contributed by atoms with van der Waals surface area (Å²) in [5.41, 5.74) is 7.32. The predicted octanol–water partition coefficient (Wildman–Crippen LogP) is 1.19. The topological polar surface area (TPSA) is 69.6 Å². The van der Waals surface area contributed by atoms with Gasteiger partial charge in [0.15, 0.2) is 0 Å². The third-order valence-corrected chi connectivity index (χ3v) is 3.14. The summed E-state index contributed by atoms with van der Waals surface area (Å²) in [7, 11) is 0. The van der Waals surface area contributed by atoms with Gasteiger partial charge in [-0.3, -0.25) is 0 Å². The quantitative estimate of drug-likeness (QED) is 0.848. The van der Waals surface area contributed by atoms with Gasteiger partial charge in [0, 0.05) is 11.9 Å². The van der Waals surface area contributed by atoms with Crippen molar-refractivity contribution >= 4 is 11.3 Å². The minimum Gasteiger partial charge on any atom is -0.325 e. The Balaban J connectivity index is 2.02. The van der Waals surface area contributed by atoms with Crippen LogP contribution in [0.15, 0.2) is 11.6 Å². The van der Waals surface area contributed by atoms with Gasteiger partial charge in [0.25, 0.3) is 0 Å². The largest absolute Gasteiger partial charge is 0.325 e. The van der Waals surface area contributed by atoms with E-state index in [0.29, 0.717) is 13.1 Å². The molecule has 0 amide bonds. The van der Waals surface area contributed by atoms with Crippen LogP contribution in [0.2, 0.25) is 0 Å². The van der Waals surface area contributed by atoms with E-state index in [1.165, 1.54) is 5.01 Å². The number of hydrogen-bond acceptors (Lipinski definition) is 5. The summed E-state index contributed by atoms with van der Waals surface area (Å²) in [6.45, 7) is 3.26. The van der Waals surface area contributed by atoms with Crippen LogP contribution in [-0.4, -0.2) is 20.0 Å². The third kappa shape index (κ3) is 2.65. The number of aryl methyl sites for hydroxylation is 1. The highest BCUT2D eigenvalue weighted by Gasteiger charge is 2.04. The Morgan fingerprint density at radius 1 is 1.44 bits per heavy atom. The summed E-state index contributed by atoms with van der Waals surface area (Å²) in [5, 5.41) is 11.2. The maximum Gasteiger partial charge on any atom is 0.0962 e. The average Bonchev–Trinajstić information content (AvgIpc) is 2.89. The van der Waals surface area contributed by atoms with Crippen molar-refractivity contribution in [3.05, 3.63) is 28.0 Å². The van der Waals surface area contributed by atoms with E-state index in [-0.39, 0.29) is 0 Å². The molecule has 0 aliphatic rings. The molecule has 2 heterocycles. The molecule has 2 aromatic rings. The van der Waals surface area contributed by atoms with Crippen molar-refractivity contribution in [2.45, 2.75) is 32.9 Å². The molecule has 0 aliphatic heterocycles. The molecule has 2 N–H and O–H groups in total. The first kappa shape index (κ1) is 11.2. The molecule has 5 nitrogen and oxygen atoms in total. The molecule has 6 heteroatoms. The van der Waals surface area contributed by atoms with Gasteiger partial charge >= 0.3 is 0 Å². The van der Waals surface area contributed by atoms with Crippen LogP contribution in [-0.2, 0) is 19.5 Å². The van der Waals surface area contributed by atoms with Gasteiger partial charge in [-0.25, -0.2) is 9.67 Å². The normalized spacial score (nSPS) is 10.9. The molecule has 0 unspecified atom stereocenters. The molecule has 0 saturated heterocycles. The van der Waals surface area contributed by atoms with E-state index in [0.717, 1.165) is 24.2 Å². The van der Waals surface area contributed by atoms with E-state index in [9.17, 15) is 0 Å². The third-order valence-electron chi connectivity index (χ3n) is 2.18. The van der Waals surface area contributed by atoms with E-state index < -0.39 is 0 Å². The second kappa shape index (κ2) is 5.18. The molecule has 0 aliphatic carbocycles. The van der Waals surface area contributed by atoms with E-state index in [4.69, 9.17) is 5.73 Å². The van der Waals surface area contributed by atoms with Gasteiger partial charge in [-0.05, 0) is 12.8 Å². The van der Waals surface area contributed by atoms with Crippen molar-refractivity contribution in [3.63, 3.8) is 0 Å². The molecular weight excluding hydrogens is 222 g/mol. The summed E-state index contributed by atoms with van der Waals surface area (Å²) in [6, 6.07) is 0. The zero-order chi connectivity index (χ0) is 11.4. The first-order valence-electron chi connectivity index (χ1n) is 5.34. The summed E-state index contributed by atoms with van der Waals surface area (Å²) in [6.07, 6.45) is 4.04. The highest BCUT2D eigenvalue weighted by atomic mass is 32.1. The fourth-order valence-electron chi connectivity index (χ4n) is 1.43. The number of thiazole rings is 1. The lowest BCUT2D eigenvalue weighted by Gasteiger charge is -1.95. The van der Waals surface area contributed by atoms with Crippen LogP contribution in [0.5, 0.6) is 0 Å². The molecule has 2 aromatic heterocycles. The standard InChI is InChI=1S/C10H15N5S/c1-2-3-10-12-9(7-16-10)6-15-5-8(4-11)13-14-15/h5,7H,2-4,6,11H2,1H3. The molecule has 2 rings (SSSR count). The maximum atomic E-state index is 5.47. The summed E-state index contributed by atoms with van der Waals surface area (Å²) < 4.78 is 1.77. The van der Waals surface area contributed by atoms with Gasteiger partial charge in [0.2, 0.25) is 0 Å². The van der Waals surface area contributed by atoms with E-state index in [1.54, 1.807) is 16.0 Å². The number of nitrogens with two attached hydrogens (primary N) is 1. The Morgan fingerprint density at radius 3 is 3.00 bits per heavy atom. The van der Waals surface area contributed by atoms with Crippen LogP contribution < -0.4 is 5.73 Å². The van der Waals surface area contributed by atoms with Gasteiger partial charge in [0.1, 0.15) is 0 Å². The average molecular weight is 237 g/mol. The minimum atomic E-state index is 0.429. The number of nitrogens with zero attached hydrogens (tertiary/aromatic N) is 4. The van der Waals surface area contributed by atoms with Gasteiger partial charge < -0.3 is 5.73 Å². The van der Waals surface area contributed by atoms with Crippen molar-refractivity contribution in [3.8, 4) is 0 Å². The second-order valence-corrected chi connectivity index (χ2v) is 4.54. The summed E-state index contributed by atoms with van der Waals surface area (Å²) in [4.78, 5) is 4.53. The molecule has 0 atom stereocenters. The van der Waals surface area contributed by atoms with Gasteiger partial charge in [0.05, 0.1) is 29.1 Å². The first-order chi connectivity index (χ1) is 7.81. The molecule has 0 bridgehead atoms. The molecule has 0 spiro atoms. The lowest BCUT2D eigenvalue weighted by Crippen LogP contribution is -2.01. The van der Waals surface area contributed by atoms with Crippen LogP contribution >= 0.6 is 11.3 Å². The number of hydrogen-bond donors (Lipinski definition) is 1. The monoisotopic (exact) mass is 237 g/mol. The lowest BCUT2D eigenvalue weighted by atomic mass is 10.3. The van der Waals surface area contributed by atoms with Crippen LogP contribution in [0.3, 0.4) is 0 Å². The van der Waals surface area contributed by atoms with Gasteiger partial charge in [-0.2, -0.15) is 0 Å². The second-order valence-electron chi connectivity index (χ2n) is 3.59. The molecule has 16 heavy (non-hydrogen) atoms. The van der Waals surface area contributed by atoms with Crippen molar-refractivity contribution in [1.82, 2.24) is 20.0 Å². The van der Waals surface area contributed by atoms with Crippen LogP contribution in [0, 0.1) is 0 Å². The fourth-order valence-corrected chi connectivity index (χ4v) is 2.32. The van der Waals surface area contributed by atoms with Gasteiger partial charge in [-0.1, -0.05) is 12.1 Å². The lowest BCUT2D eigenvalue weighted by molar-refractivity contribution is 0.639. The minimum absolute atomic E-state index is 0.429. The Kier molecular flexibility index (Phi) is 3.63. The highest BCUT2D eigenvalue weighted by Crippen LogP contribution is 2.12. The van der Waals surface area contributed by atoms with Crippen molar-refractivity contribution < 1.29 is 0 Å². The summed E-state index contributed by atoms with van der Waals surface area (Å²) in [5.74, 6) is 0. The van der Waals surface area contributed by atoms with Crippen molar-refractivity contribution in [2.24, 2.45) is 5.73 Å². The van der Waals surface area contributed by atoms with E-state index >= 15 is 0 Å². The van der Waals surface area contributed by atoms with Gasteiger partial charge in [-0.15, -0.1) is 16.4 Å². The number of rotatable bonds is 5. The highest BCUT2D eigenvalue weighted by molar-refractivity contribution is 7.09. The maximum absolute atomic E-state index is 5.47. The molecule has 0 radical (unpaired) electrons. The van der Waals surface area contributed by atoms with Crippen molar-refractivity contribution in [1.29, 1.82) is 0 Å². The van der Waals surface area contributed by atoms with Crippen LogP contribution in [0.1, 0.15) is 29.7 Å². The Morgan fingerprint density at radius 2 is 2.31 bits per heavy atom. The first-order valence-corrected chi connectivity index (χ1v) is 6.22. The summed E-state index contributed by atoms with van der Waals surface area (Å²) >= 11 is 1.71. The van der Waals surface area contributed by atoms with Crippen LogP contribution in [0.4, 0.5) is 0 Å². The fraction of sp³-hybridized carbons (Fsp3) is 0.500. The van der Waals surface area contributed by atoms with E-state index in [2.05, 4.69) is 27.6 Å². The molecule has 0 aromatic carbocycles.